The molecule has 1 atom stereocenters. The zero-order chi connectivity index (χ0) is 22.9. The third-order valence-corrected chi connectivity index (χ3v) is 6.05. The second kappa shape index (κ2) is 8.61. The van der Waals surface area contributed by atoms with Crippen molar-refractivity contribution < 1.29 is 9.13 Å². The van der Waals surface area contributed by atoms with Gasteiger partial charge in [0.05, 0.1) is 17.1 Å². The number of nitrogens with zero attached hydrogens (tertiary/aromatic N) is 4. The number of hydrogen-bond donors (Lipinski definition) is 2. The quantitative estimate of drug-likeness (QED) is 0.457. The molecule has 2 aromatic heterocycles. The molecule has 1 saturated carbocycles. The Morgan fingerprint density at radius 1 is 1.18 bits per heavy atom. The van der Waals surface area contributed by atoms with Crippen LogP contribution in [0.3, 0.4) is 0 Å². The molecule has 0 saturated heterocycles. The Balaban J connectivity index is 1.73. The van der Waals surface area contributed by atoms with E-state index in [0.29, 0.717) is 41.6 Å². The standard InChI is InChI=1S/C25H25FN6O/c1-14-20-11-18(26)6-7-19(20)23-16(3-2-8-29-23)9-21(32-28)24(30-12-15-4-5-15)17-10-22(33-14)25(27)31-13-17/h2-3,6-8,10-11,13-15H,4-5,9,12,28H2,1H3,(H2,27,31). The van der Waals surface area contributed by atoms with Crippen molar-refractivity contribution in [1.82, 2.24) is 9.97 Å². The Morgan fingerprint density at radius 2 is 2.03 bits per heavy atom. The molecule has 0 spiro atoms. The predicted octanol–water partition coefficient (Wildman–Crippen LogP) is 4.07. The number of rotatable bonds is 2. The van der Waals surface area contributed by atoms with Gasteiger partial charge >= 0.3 is 0 Å². The van der Waals surface area contributed by atoms with E-state index >= 15 is 0 Å². The van der Waals surface area contributed by atoms with Crippen LogP contribution in [0.15, 0.2) is 58.9 Å². The molecule has 3 heterocycles. The van der Waals surface area contributed by atoms with E-state index in [0.717, 1.165) is 22.4 Å². The lowest BCUT2D eigenvalue weighted by atomic mass is 9.93. The highest BCUT2D eigenvalue weighted by Gasteiger charge is 2.25. The van der Waals surface area contributed by atoms with Crippen LogP contribution in [-0.4, -0.2) is 27.9 Å². The molecule has 0 radical (unpaired) electrons. The van der Waals surface area contributed by atoms with Crippen molar-refractivity contribution in [2.45, 2.75) is 32.3 Å². The van der Waals surface area contributed by atoms with Crippen molar-refractivity contribution in [2.24, 2.45) is 21.9 Å². The summed E-state index contributed by atoms with van der Waals surface area (Å²) in [6.07, 6.45) is 5.64. The molecule has 168 valence electrons. The average Bonchev–Trinajstić information content (AvgIpc) is 3.64. The first-order valence-corrected chi connectivity index (χ1v) is 11.0. The fourth-order valence-corrected chi connectivity index (χ4v) is 4.08. The zero-order valence-electron chi connectivity index (χ0n) is 18.3. The number of halogens is 1. The number of hydrogen-bond acceptors (Lipinski definition) is 7. The van der Waals surface area contributed by atoms with E-state index < -0.39 is 6.10 Å². The van der Waals surface area contributed by atoms with Crippen LogP contribution in [0.2, 0.25) is 0 Å². The van der Waals surface area contributed by atoms with Crippen molar-refractivity contribution in [3.05, 3.63) is 71.3 Å². The van der Waals surface area contributed by atoms with Crippen molar-refractivity contribution in [2.75, 3.05) is 12.3 Å². The summed E-state index contributed by atoms with van der Waals surface area (Å²) in [7, 11) is 0. The number of benzene rings is 1. The fraction of sp³-hybridized carbons (Fsp3) is 0.280. The number of nitrogen functional groups attached to an aromatic ring is 1. The van der Waals surface area contributed by atoms with Gasteiger partial charge in [-0.05, 0) is 61.6 Å². The summed E-state index contributed by atoms with van der Waals surface area (Å²) >= 11 is 0. The molecule has 2 bridgehead atoms. The summed E-state index contributed by atoms with van der Waals surface area (Å²) in [5.41, 5.74) is 11.2. The average molecular weight is 445 g/mol. The van der Waals surface area contributed by atoms with E-state index in [1.165, 1.54) is 25.0 Å². The molecular formula is C25H25FN6O. The Labute approximate surface area is 191 Å². The van der Waals surface area contributed by atoms with E-state index in [4.69, 9.17) is 21.3 Å². The molecule has 0 amide bonds. The van der Waals surface area contributed by atoms with E-state index in [2.05, 4.69) is 15.1 Å². The van der Waals surface area contributed by atoms with Crippen LogP contribution in [0.5, 0.6) is 5.75 Å². The van der Waals surface area contributed by atoms with Gasteiger partial charge in [0.1, 0.15) is 11.9 Å². The van der Waals surface area contributed by atoms with Crippen LogP contribution in [-0.2, 0) is 6.42 Å². The minimum atomic E-state index is -0.501. The summed E-state index contributed by atoms with van der Waals surface area (Å²) < 4.78 is 20.5. The van der Waals surface area contributed by atoms with E-state index in [9.17, 15) is 4.39 Å². The molecule has 1 aliphatic carbocycles. The number of fused-ring (bicyclic) bond motifs is 5. The number of aliphatic imine (C=N–C) groups is 1. The largest absolute Gasteiger partial charge is 0.482 e. The van der Waals surface area contributed by atoms with Gasteiger partial charge in [-0.1, -0.05) is 6.07 Å². The highest BCUT2D eigenvalue weighted by atomic mass is 19.1. The van der Waals surface area contributed by atoms with Gasteiger partial charge in [-0.25, -0.2) is 9.37 Å². The second-order valence-corrected chi connectivity index (χ2v) is 8.50. The van der Waals surface area contributed by atoms with Gasteiger partial charge in [0.25, 0.3) is 0 Å². The lowest BCUT2D eigenvalue weighted by Gasteiger charge is -2.22. The third-order valence-electron chi connectivity index (χ3n) is 6.05. The van der Waals surface area contributed by atoms with Gasteiger partial charge < -0.3 is 16.3 Å². The Hall–Kier alpha value is -3.81. The number of anilines is 1. The summed E-state index contributed by atoms with van der Waals surface area (Å²) in [5.74, 6) is 6.76. The Bertz CT molecular complexity index is 1270. The van der Waals surface area contributed by atoms with Crippen molar-refractivity contribution in [1.29, 1.82) is 0 Å². The highest BCUT2D eigenvalue weighted by Crippen LogP contribution is 2.35. The van der Waals surface area contributed by atoms with Crippen molar-refractivity contribution in [3.63, 3.8) is 0 Å². The summed E-state index contributed by atoms with van der Waals surface area (Å²) in [6, 6.07) is 10.3. The summed E-state index contributed by atoms with van der Waals surface area (Å²) in [6.45, 7) is 2.56. The minimum absolute atomic E-state index is 0.243. The molecule has 4 N–H and O–H groups in total. The van der Waals surface area contributed by atoms with Gasteiger partial charge in [0.15, 0.2) is 11.6 Å². The smallest absolute Gasteiger partial charge is 0.166 e. The molecule has 7 nitrogen and oxygen atoms in total. The van der Waals surface area contributed by atoms with Crippen molar-refractivity contribution >= 4 is 17.2 Å². The maximum Gasteiger partial charge on any atom is 0.166 e. The van der Waals surface area contributed by atoms with Gasteiger partial charge in [0.2, 0.25) is 0 Å². The monoisotopic (exact) mass is 444 g/mol. The number of ether oxygens (including phenoxy) is 1. The fourth-order valence-electron chi connectivity index (χ4n) is 4.08. The van der Waals surface area contributed by atoms with Crippen LogP contribution in [0, 0.1) is 11.7 Å². The highest BCUT2D eigenvalue weighted by molar-refractivity contribution is 6.48. The maximum atomic E-state index is 14.3. The second-order valence-electron chi connectivity index (χ2n) is 8.50. The number of aromatic nitrogens is 2. The topological polar surface area (TPSA) is 112 Å². The predicted molar refractivity (Wildman–Crippen MR) is 127 cm³/mol. The first kappa shape index (κ1) is 21.1. The van der Waals surface area contributed by atoms with Crippen LogP contribution in [0.25, 0.3) is 11.3 Å². The molecule has 3 aromatic rings. The van der Waals surface area contributed by atoms with Crippen LogP contribution < -0.4 is 16.3 Å². The first-order chi connectivity index (χ1) is 16.0. The van der Waals surface area contributed by atoms with Gasteiger partial charge in [0, 0.05) is 42.0 Å². The molecule has 5 rings (SSSR count). The molecule has 33 heavy (non-hydrogen) atoms. The molecule has 2 aliphatic rings. The summed E-state index contributed by atoms with van der Waals surface area (Å²) in [4.78, 5) is 13.8. The van der Waals surface area contributed by atoms with Crippen LogP contribution in [0.1, 0.15) is 42.6 Å². The van der Waals surface area contributed by atoms with Gasteiger partial charge in [-0.2, -0.15) is 5.10 Å². The molecule has 1 aromatic carbocycles. The molecule has 1 unspecified atom stereocenters. The van der Waals surface area contributed by atoms with Crippen LogP contribution >= 0.6 is 0 Å². The number of pyridine rings is 2. The molecule has 1 aliphatic heterocycles. The summed E-state index contributed by atoms with van der Waals surface area (Å²) in [5, 5.41) is 4.11. The lowest BCUT2D eigenvalue weighted by molar-refractivity contribution is 0.227. The lowest BCUT2D eigenvalue weighted by Crippen LogP contribution is -2.23. The number of hydrazone groups is 1. The van der Waals surface area contributed by atoms with Crippen LogP contribution in [0.4, 0.5) is 10.2 Å². The maximum absolute atomic E-state index is 14.3. The van der Waals surface area contributed by atoms with E-state index in [1.807, 2.05) is 19.1 Å². The van der Waals surface area contributed by atoms with Gasteiger partial charge in [-0.3, -0.25) is 9.98 Å². The molecule has 1 fully saturated rings. The molecular weight excluding hydrogens is 419 g/mol. The SMILES string of the molecule is CC1Oc2cc(cnc2N)C(=NCC2CC2)C(=NN)Cc2cccnc2-c2ccc(F)cc21. The van der Waals surface area contributed by atoms with Gasteiger partial charge in [-0.15, -0.1) is 0 Å². The Kier molecular flexibility index (Phi) is 5.50. The Morgan fingerprint density at radius 3 is 2.82 bits per heavy atom. The minimum Gasteiger partial charge on any atom is -0.482 e. The van der Waals surface area contributed by atoms with Crippen molar-refractivity contribution in [3.8, 4) is 17.0 Å². The normalized spacial score (nSPS) is 20.4. The van der Waals surface area contributed by atoms with E-state index in [1.54, 1.807) is 24.5 Å². The zero-order valence-corrected chi connectivity index (χ0v) is 18.3. The molecule has 8 heteroatoms. The number of nitrogens with two attached hydrogens (primary N) is 2. The van der Waals surface area contributed by atoms with E-state index in [-0.39, 0.29) is 11.6 Å². The first-order valence-electron chi connectivity index (χ1n) is 11.0. The third kappa shape index (κ3) is 4.28.